The van der Waals surface area contributed by atoms with E-state index in [1.54, 1.807) is 12.8 Å². The van der Waals surface area contributed by atoms with Gasteiger partial charge in [-0.25, -0.2) is 0 Å². The molecule has 0 saturated heterocycles. The van der Waals surface area contributed by atoms with Gasteiger partial charge in [0.1, 0.15) is 0 Å². The Labute approximate surface area is 397 Å². The Kier molecular flexibility index (Phi) is 10.6. The summed E-state index contributed by atoms with van der Waals surface area (Å²) in [6.45, 7) is 5.35. The van der Waals surface area contributed by atoms with Gasteiger partial charge in [0.15, 0.2) is 0 Å². The van der Waals surface area contributed by atoms with Crippen LogP contribution >= 0.6 is 0 Å². The maximum absolute atomic E-state index is 3.41. The molecule has 14 unspecified atom stereocenters. The minimum absolute atomic E-state index is 0.321. The zero-order valence-corrected chi connectivity index (χ0v) is 41.4. The summed E-state index contributed by atoms with van der Waals surface area (Å²) in [5.41, 5.74) is 14.8. The smallest absolute Gasteiger partial charge is 0.0375 e. The highest BCUT2D eigenvalue weighted by atomic mass is 15.2. The Morgan fingerprint density at radius 3 is 2.00 bits per heavy atom. The molecule has 0 bridgehead atoms. The van der Waals surface area contributed by atoms with Gasteiger partial charge in [0.25, 0.3) is 0 Å². The first-order valence-corrected chi connectivity index (χ1v) is 29.7. The Balaban J connectivity index is 0.841. The summed E-state index contributed by atoms with van der Waals surface area (Å²) in [6.07, 6.45) is 63.1. The molecule has 14 atom stereocenters. The third-order valence-corrected chi connectivity index (χ3v) is 24.4. The molecule has 0 heterocycles. The van der Waals surface area contributed by atoms with Crippen LogP contribution in [0.4, 0.5) is 0 Å². The lowest BCUT2D eigenvalue weighted by Gasteiger charge is -2.55. The quantitative estimate of drug-likeness (QED) is 0.254. The van der Waals surface area contributed by atoms with Gasteiger partial charge in [0.2, 0.25) is 0 Å². The van der Waals surface area contributed by atoms with Gasteiger partial charge in [-0.3, -0.25) is 4.90 Å². The van der Waals surface area contributed by atoms with Crippen LogP contribution in [0.25, 0.3) is 0 Å². The van der Waals surface area contributed by atoms with Crippen molar-refractivity contribution in [3.8, 4) is 0 Å². The minimum Gasteiger partial charge on any atom is -0.294 e. The van der Waals surface area contributed by atoms with Crippen molar-refractivity contribution in [2.45, 2.75) is 225 Å². The van der Waals surface area contributed by atoms with Gasteiger partial charge in [-0.15, -0.1) is 0 Å². The summed E-state index contributed by atoms with van der Waals surface area (Å²) in [4.78, 5) is 3.41. The topological polar surface area (TPSA) is 3.24 Å². The fourth-order valence-corrected chi connectivity index (χ4v) is 22.1. The fraction of sp³-hybridized carbons (Fsp3) is 0.781. The van der Waals surface area contributed by atoms with Crippen molar-refractivity contribution in [3.05, 3.63) is 81.5 Å². The number of rotatable bonds is 4. The average Bonchev–Trinajstić information content (AvgIpc) is 3.92. The standard InChI is InChI=1S/C64H89N/c1-63(2)57-25-13-10-22-49(57)52-34-32-44(37-61(52)63)65(42-30-28-41(29-31-42)40-16-4-3-5-17-40)43-33-35-60-55(36-43)50-23-11-14-26-58(50)64(60)59-27-15-12-24-51(59)56-38-53-47-20-8-6-18-45(47)46-19-7-9-21-48(46)54(53)39-62(56)64/h7-8,13,19-20,25,39-49,51,53-54,56-57,59H,3-6,9-12,14-18,21-24,26-38H2,1-2H3. The zero-order valence-electron chi connectivity index (χ0n) is 41.4. The summed E-state index contributed by atoms with van der Waals surface area (Å²) in [5.74, 6) is 11.6. The number of fused-ring (bicyclic) bond motifs is 16. The number of allylic oxidation sites excluding steroid dienone is 12. The number of hydrogen-bond acceptors (Lipinski definition) is 1. The van der Waals surface area contributed by atoms with Crippen molar-refractivity contribution in [3.63, 3.8) is 0 Å². The van der Waals surface area contributed by atoms with E-state index in [9.17, 15) is 0 Å². The summed E-state index contributed by atoms with van der Waals surface area (Å²) in [5, 5.41) is 0. The van der Waals surface area contributed by atoms with Crippen molar-refractivity contribution in [1.29, 1.82) is 0 Å². The monoisotopic (exact) mass is 872 g/mol. The van der Waals surface area contributed by atoms with Gasteiger partial charge in [-0.05, 0) is 241 Å². The SMILES string of the molecule is CC1(C)C2=C(CCC(N(C3CCC(C4CCCCC4)CC3)C3CCC4=C(C3)C3=C(CCCC3)C43C4=CC5C6CCC=CC6C6CCC=CC6C5CC4C4CCCCC43)C2)C2CCC=CC21. The molecule has 0 radical (unpaired) electrons. The van der Waals surface area contributed by atoms with Crippen LogP contribution in [-0.2, 0) is 0 Å². The third kappa shape index (κ3) is 6.28. The zero-order chi connectivity index (χ0) is 43.0. The van der Waals surface area contributed by atoms with E-state index >= 15 is 0 Å². The van der Waals surface area contributed by atoms with Gasteiger partial charge < -0.3 is 0 Å². The van der Waals surface area contributed by atoms with Gasteiger partial charge in [-0.2, -0.15) is 0 Å². The first-order valence-electron chi connectivity index (χ1n) is 29.7. The normalized spacial score (nSPS) is 47.4. The molecule has 1 heteroatoms. The molecular formula is C64H89N. The lowest BCUT2D eigenvalue weighted by Crippen LogP contribution is -2.53. The fourth-order valence-electron chi connectivity index (χ4n) is 22.1. The molecule has 350 valence electrons. The van der Waals surface area contributed by atoms with Crippen molar-refractivity contribution in [1.82, 2.24) is 4.90 Å². The number of nitrogens with zero attached hydrogens (tertiary/aromatic N) is 1. The van der Waals surface area contributed by atoms with Crippen LogP contribution in [0.2, 0.25) is 0 Å². The van der Waals surface area contributed by atoms with E-state index in [1.165, 1.54) is 180 Å². The maximum Gasteiger partial charge on any atom is 0.0375 e. The first kappa shape index (κ1) is 42.1. The Hall–Kier alpha value is -1.86. The van der Waals surface area contributed by atoms with Crippen LogP contribution in [0.5, 0.6) is 0 Å². The summed E-state index contributed by atoms with van der Waals surface area (Å²) >= 11 is 0. The maximum atomic E-state index is 3.41. The Morgan fingerprint density at radius 2 is 1.15 bits per heavy atom. The highest BCUT2D eigenvalue weighted by molar-refractivity contribution is 5.63. The van der Waals surface area contributed by atoms with Gasteiger partial charge in [-0.1, -0.05) is 129 Å². The van der Waals surface area contributed by atoms with Crippen molar-refractivity contribution < 1.29 is 0 Å². The molecule has 14 aliphatic carbocycles. The summed E-state index contributed by atoms with van der Waals surface area (Å²) in [7, 11) is 0. The van der Waals surface area contributed by atoms with E-state index in [-0.39, 0.29) is 0 Å². The van der Waals surface area contributed by atoms with E-state index in [1.807, 2.05) is 22.3 Å². The molecule has 0 aromatic carbocycles. The van der Waals surface area contributed by atoms with Crippen LogP contribution in [0, 0.1) is 87.8 Å². The van der Waals surface area contributed by atoms with E-state index in [4.69, 9.17) is 0 Å². The predicted octanol–water partition coefficient (Wildman–Crippen LogP) is 16.8. The van der Waals surface area contributed by atoms with Crippen molar-refractivity contribution >= 4 is 0 Å². The molecule has 14 aliphatic rings. The largest absolute Gasteiger partial charge is 0.294 e. The van der Waals surface area contributed by atoms with E-state index in [0.29, 0.717) is 10.8 Å². The molecule has 0 aromatic rings. The second-order valence-electron chi connectivity index (χ2n) is 26.8. The molecule has 1 nitrogen and oxygen atoms in total. The molecule has 0 amide bonds. The molecular weight excluding hydrogens is 783 g/mol. The second-order valence-corrected chi connectivity index (χ2v) is 26.8. The molecule has 0 aliphatic heterocycles. The average molecular weight is 872 g/mol. The minimum atomic E-state index is 0.321. The molecule has 5 fully saturated rings. The Morgan fingerprint density at radius 1 is 0.477 bits per heavy atom. The molecule has 65 heavy (non-hydrogen) atoms. The summed E-state index contributed by atoms with van der Waals surface area (Å²) in [6, 6.07) is 2.32. The third-order valence-electron chi connectivity index (χ3n) is 24.4. The molecule has 1 spiro atoms. The highest BCUT2D eigenvalue weighted by Gasteiger charge is 2.66. The van der Waals surface area contributed by atoms with Crippen LogP contribution in [0.1, 0.15) is 206 Å². The van der Waals surface area contributed by atoms with E-state index in [0.717, 1.165) is 95.1 Å². The van der Waals surface area contributed by atoms with Crippen molar-refractivity contribution in [2.75, 3.05) is 0 Å². The van der Waals surface area contributed by atoms with Crippen LogP contribution < -0.4 is 0 Å². The lowest BCUT2D eigenvalue weighted by molar-refractivity contribution is 0.00737. The summed E-state index contributed by atoms with van der Waals surface area (Å²) < 4.78 is 0. The number of hydrogen-bond donors (Lipinski definition) is 0. The van der Waals surface area contributed by atoms with Crippen molar-refractivity contribution in [2.24, 2.45) is 87.8 Å². The predicted molar refractivity (Wildman–Crippen MR) is 270 cm³/mol. The van der Waals surface area contributed by atoms with Gasteiger partial charge >= 0.3 is 0 Å². The molecule has 14 rings (SSSR count). The Bertz CT molecular complexity index is 2100. The molecule has 5 saturated carbocycles. The highest BCUT2D eigenvalue weighted by Crippen LogP contribution is 2.75. The van der Waals surface area contributed by atoms with Gasteiger partial charge in [0.05, 0.1) is 0 Å². The molecule has 0 aromatic heterocycles. The van der Waals surface area contributed by atoms with Crippen LogP contribution in [0.15, 0.2) is 81.5 Å². The molecule has 0 N–H and O–H groups in total. The van der Waals surface area contributed by atoms with E-state index < -0.39 is 0 Å². The van der Waals surface area contributed by atoms with Crippen LogP contribution in [0.3, 0.4) is 0 Å². The second kappa shape index (κ2) is 16.4. The van der Waals surface area contributed by atoms with E-state index in [2.05, 4.69) is 78.0 Å². The van der Waals surface area contributed by atoms with Gasteiger partial charge in [0, 0.05) is 23.5 Å². The lowest BCUT2D eigenvalue weighted by atomic mass is 9.49. The first-order chi connectivity index (χ1) is 32.0. The van der Waals surface area contributed by atoms with Crippen LogP contribution in [-0.4, -0.2) is 23.0 Å².